The first kappa shape index (κ1) is 18.4. The smallest absolute Gasteiger partial charge is 0.252 e. The second-order valence-corrected chi connectivity index (χ2v) is 6.40. The number of hydrogen-bond donors (Lipinski definition) is 1. The molecule has 0 aromatic carbocycles. The second-order valence-electron chi connectivity index (χ2n) is 5.96. The molecule has 1 amide bonds. The molecule has 7 nitrogen and oxygen atoms in total. The minimum atomic E-state index is -0.139. The van der Waals surface area contributed by atoms with Crippen molar-refractivity contribution in [3.63, 3.8) is 0 Å². The number of nitrogens with zero attached hydrogens (tertiary/aromatic N) is 4. The fourth-order valence-corrected chi connectivity index (χ4v) is 2.91. The Morgan fingerprint density at radius 2 is 1.69 bits per heavy atom. The Labute approximate surface area is 157 Å². The maximum Gasteiger partial charge on any atom is 0.252 e. The van der Waals surface area contributed by atoms with Gasteiger partial charge in [-0.3, -0.25) is 4.79 Å². The molecule has 0 atom stereocenters. The van der Waals surface area contributed by atoms with Crippen LogP contribution in [0.5, 0.6) is 0 Å². The van der Waals surface area contributed by atoms with Crippen LogP contribution in [0.4, 0.5) is 11.6 Å². The summed E-state index contributed by atoms with van der Waals surface area (Å²) in [5, 5.41) is 3.43. The molecule has 1 N–H and O–H groups in total. The van der Waals surface area contributed by atoms with Crippen molar-refractivity contribution in [3.8, 4) is 0 Å². The number of hydrogen-bond acceptors (Lipinski definition) is 6. The van der Waals surface area contributed by atoms with Gasteiger partial charge >= 0.3 is 0 Å². The third-order valence-electron chi connectivity index (χ3n) is 4.24. The van der Waals surface area contributed by atoms with Crippen LogP contribution in [0.3, 0.4) is 0 Å². The minimum Gasteiger partial charge on any atom is -0.383 e. The highest BCUT2D eigenvalue weighted by Crippen LogP contribution is 2.19. The van der Waals surface area contributed by atoms with Crippen molar-refractivity contribution in [3.05, 3.63) is 47.2 Å². The number of carbonyl (C=O) groups excluding carboxylic acids is 1. The van der Waals surface area contributed by atoms with E-state index in [-0.39, 0.29) is 5.91 Å². The zero-order valence-electron chi connectivity index (χ0n) is 14.7. The van der Waals surface area contributed by atoms with E-state index in [0.29, 0.717) is 23.7 Å². The quantitative estimate of drug-likeness (QED) is 0.777. The van der Waals surface area contributed by atoms with Crippen LogP contribution in [0.1, 0.15) is 10.4 Å². The summed E-state index contributed by atoms with van der Waals surface area (Å²) in [6.45, 7) is 4.38. The molecule has 8 heteroatoms. The number of nitrogens with one attached hydrogen (secondary N) is 1. The molecular weight excluding hydrogens is 354 g/mol. The van der Waals surface area contributed by atoms with Gasteiger partial charge in [-0.1, -0.05) is 11.6 Å². The third kappa shape index (κ3) is 4.62. The molecule has 26 heavy (non-hydrogen) atoms. The molecule has 0 unspecified atom stereocenters. The van der Waals surface area contributed by atoms with E-state index in [4.69, 9.17) is 16.3 Å². The summed E-state index contributed by atoms with van der Waals surface area (Å²) in [5.74, 6) is 1.67. The molecule has 2 aromatic rings. The summed E-state index contributed by atoms with van der Waals surface area (Å²) < 4.78 is 4.92. The summed E-state index contributed by atoms with van der Waals surface area (Å²) in [6.07, 6.45) is 3.28. The Hall–Kier alpha value is -2.38. The van der Waals surface area contributed by atoms with E-state index in [1.807, 2.05) is 18.2 Å². The van der Waals surface area contributed by atoms with Crippen LogP contribution in [0.15, 0.2) is 36.7 Å². The molecule has 0 bridgehead atoms. The first-order valence-electron chi connectivity index (χ1n) is 8.52. The molecule has 1 aliphatic heterocycles. The second kappa shape index (κ2) is 8.82. The maximum atomic E-state index is 12.0. The molecule has 3 heterocycles. The standard InChI is InChI=1S/C18H22ClN5O2/c1-26-11-6-20-18(25)14-2-4-16(21-12-14)23-7-9-24(10-8-23)17-5-3-15(19)13-22-17/h2-5,12-13H,6-11H2,1H3,(H,20,25). The number of halogens is 1. The number of aromatic nitrogens is 2. The first-order chi connectivity index (χ1) is 12.7. The number of rotatable bonds is 6. The molecule has 0 radical (unpaired) electrons. The van der Waals surface area contributed by atoms with E-state index >= 15 is 0 Å². The summed E-state index contributed by atoms with van der Waals surface area (Å²) in [4.78, 5) is 25.2. The van der Waals surface area contributed by atoms with E-state index in [1.54, 1.807) is 25.6 Å². The Kier molecular flexibility index (Phi) is 6.25. The van der Waals surface area contributed by atoms with Gasteiger partial charge in [0.25, 0.3) is 5.91 Å². The molecule has 0 aliphatic carbocycles. The van der Waals surface area contributed by atoms with Gasteiger partial charge in [-0.05, 0) is 24.3 Å². The van der Waals surface area contributed by atoms with Crippen LogP contribution in [-0.4, -0.2) is 62.3 Å². The fraction of sp³-hybridized carbons (Fsp3) is 0.389. The number of methoxy groups -OCH3 is 1. The van der Waals surface area contributed by atoms with Gasteiger partial charge < -0.3 is 19.9 Å². The largest absolute Gasteiger partial charge is 0.383 e. The predicted octanol–water partition coefficient (Wildman–Crippen LogP) is 1.83. The zero-order chi connectivity index (χ0) is 18.4. The van der Waals surface area contributed by atoms with Crippen LogP contribution >= 0.6 is 11.6 Å². The molecule has 0 spiro atoms. The van der Waals surface area contributed by atoms with Gasteiger partial charge in [0.1, 0.15) is 11.6 Å². The molecule has 1 saturated heterocycles. The van der Waals surface area contributed by atoms with Gasteiger partial charge in [0, 0.05) is 52.2 Å². The normalized spacial score (nSPS) is 14.4. The first-order valence-corrected chi connectivity index (χ1v) is 8.90. The van der Waals surface area contributed by atoms with E-state index in [2.05, 4.69) is 25.1 Å². The number of amides is 1. The number of pyridine rings is 2. The van der Waals surface area contributed by atoms with Crippen LogP contribution < -0.4 is 15.1 Å². The average Bonchev–Trinajstić information content (AvgIpc) is 2.69. The number of anilines is 2. The number of ether oxygens (including phenoxy) is 1. The van der Waals surface area contributed by atoms with Gasteiger partial charge in [0.2, 0.25) is 0 Å². The van der Waals surface area contributed by atoms with Gasteiger partial charge in [-0.15, -0.1) is 0 Å². The van der Waals surface area contributed by atoms with Crippen LogP contribution in [0.25, 0.3) is 0 Å². The summed E-state index contributed by atoms with van der Waals surface area (Å²) in [5.41, 5.74) is 0.550. The molecule has 3 rings (SSSR count). The SMILES string of the molecule is COCCNC(=O)c1ccc(N2CCN(c3ccc(Cl)cn3)CC2)nc1. The highest BCUT2D eigenvalue weighted by molar-refractivity contribution is 6.30. The molecule has 138 valence electrons. The molecule has 2 aromatic heterocycles. The van der Waals surface area contributed by atoms with Crippen LogP contribution in [0.2, 0.25) is 5.02 Å². The van der Waals surface area contributed by atoms with E-state index < -0.39 is 0 Å². The average molecular weight is 376 g/mol. The lowest BCUT2D eigenvalue weighted by molar-refractivity contribution is 0.0937. The van der Waals surface area contributed by atoms with Crippen LogP contribution in [-0.2, 0) is 4.74 Å². The predicted molar refractivity (Wildman–Crippen MR) is 102 cm³/mol. The molecular formula is C18H22ClN5O2. The van der Waals surface area contributed by atoms with Crippen molar-refractivity contribution in [1.29, 1.82) is 0 Å². The third-order valence-corrected chi connectivity index (χ3v) is 4.46. The lowest BCUT2D eigenvalue weighted by Crippen LogP contribution is -2.47. The van der Waals surface area contributed by atoms with Crippen molar-refractivity contribution in [2.24, 2.45) is 0 Å². The lowest BCUT2D eigenvalue weighted by atomic mass is 10.2. The molecule has 1 aliphatic rings. The Morgan fingerprint density at radius 1 is 1.08 bits per heavy atom. The fourth-order valence-electron chi connectivity index (χ4n) is 2.80. The van der Waals surface area contributed by atoms with Crippen molar-refractivity contribution in [1.82, 2.24) is 15.3 Å². The monoisotopic (exact) mass is 375 g/mol. The zero-order valence-corrected chi connectivity index (χ0v) is 15.4. The Balaban J connectivity index is 1.54. The molecule has 1 fully saturated rings. The summed E-state index contributed by atoms with van der Waals surface area (Å²) in [7, 11) is 1.60. The topological polar surface area (TPSA) is 70.6 Å². The minimum absolute atomic E-state index is 0.139. The van der Waals surface area contributed by atoms with Gasteiger partial charge in [0.05, 0.1) is 17.2 Å². The van der Waals surface area contributed by atoms with Gasteiger partial charge in [-0.2, -0.15) is 0 Å². The van der Waals surface area contributed by atoms with E-state index in [1.165, 1.54) is 0 Å². The van der Waals surface area contributed by atoms with Crippen molar-refractivity contribution in [2.45, 2.75) is 0 Å². The van der Waals surface area contributed by atoms with E-state index in [9.17, 15) is 4.79 Å². The summed E-state index contributed by atoms with van der Waals surface area (Å²) in [6, 6.07) is 7.49. The van der Waals surface area contributed by atoms with Gasteiger partial charge in [-0.25, -0.2) is 9.97 Å². The maximum absolute atomic E-state index is 12.0. The van der Waals surface area contributed by atoms with Crippen molar-refractivity contribution < 1.29 is 9.53 Å². The highest BCUT2D eigenvalue weighted by Gasteiger charge is 2.19. The van der Waals surface area contributed by atoms with E-state index in [0.717, 1.165) is 37.8 Å². The number of piperazine rings is 1. The lowest BCUT2D eigenvalue weighted by Gasteiger charge is -2.36. The Morgan fingerprint density at radius 3 is 2.19 bits per heavy atom. The molecule has 0 saturated carbocycles. The van der Waals surface area contributed by atoms with Gasteiger partial charge in [0.15, 0.2) is 0 Å². The Bertz CT molecular complexity index is 715. The van der Waals surface area contributed by atoms with Crippen molar-refractivity contribution >= 4 is 29.1 Å². The van der Waals surface area contributed by atoms with Crippen LogP contribution in [0, 0.1) is 0 Å². The summed E-state index contributed by atoms with van der Waals surface area (Å²) >= 11 is 5.89. The number of carbonyl (C=O) groups is 1. The highest BCUT2D eigenvalue weighted by atomic mass is 35.5. The van der Waals surface area contributed by atoms with Crippen molar-refractivity contribution in [2.75, 3.05) is 56.2 Å².